The van der Waals surface area contributed by atoms with E-state index in [0.717, 1.165) is 77.3 Å². The van der Waals surface area contributed by atoms with Gasteiger partial charge < -0.3 is 27.8 Å². The molecule has 0 saturated heterocycles. The molecular formula is C66H50Cl5F9N14. The molecule has 12 rings (SSSR count). The van der Waals surface area contributed by atoms with E-state index >= 15 is 0 Å². The summed E-state index contributed by atoms with van der Waals surface area (Å²) in [6, 6.07) is 46.0. The number of halogens is 14. The fraction of sp³-hybridized carbons (Fsp3) is 0.136. The normalized spacial score (nSPS) is 11.5. The molecule has 0 fully saturated rings. The first-order valence-corrected chi connectivity index (χ1v) is 29.7. The molecule has 0 bridgehead atoms. The summed E-state index contributed by atoms with van der Waals surface area (Å²) in [5.41, 5.74) is 26.4. The van der Waals surface area contributed by atoms with E-state index in [0.29, 0.717) is 62.7 Å². The lowest BCUT2D eigenvalue weighted by atomic mass is 10.0. The number of pyridine rings is 3. The van der Waals surface area contributed by atoms with Gasteiger partial charge in [0.2, 0.25) is 17.2 Å². The number of hydrogen-bond donors (Lipinski definition) is 5. The summed E-state index contributed by atoms with van der Waals surface area (Å²) >= 11 is 29.5. The predicted molar refractivity (Wildman–Crippen MR) is 353 cm³/mol. The van der Waals surface area contributed by atoms with E-state index in [1.54, 1.807) is 18.2 Å². The van der Waals surface area contributed by atoms with Gasteiger partial charge in [0, 0.05) is 86.1 Å². The summed E-state index contributed by atoms with van der Waals surface area (Å²) in [5.74, 6) is -1.30. The number of anilines is 4. The van der Waals surface area contributed by atoms with E-state index in [9.17, 15) is 39.5 Å². The number of fused-ring (bicyclic) bond motifs is 3. The predicted octanol–water partition coefficient (Wildman–Crippen LogP) is 18.9. The highest BCUT2D eigenvalue weighted by Crippen LogP contribution is 2.39. The number of nitrogens with one attached hydrogen (secondary N) is 2. The fourth-order valence-corrected chi connectivity index (χ4v) is 10.7. The second-order valence-electron chi connectivity index (χ2n) is 20.6. The van der Waals surface area contributed by atoms with E-state index in [1.165, 1.54) is 0 Å². The van der Waals surface area contributed by atoms with Crippen LogP contribution >= 0.6 is 58.0 Å². The van der Waals surface area contributed by atoms with Crippen LogP contribution in [-0.4, -0.2) is 44.9 Å². The van der Waals surface area contributed by atoms with E-state index in [4.69, 9.17) is 90.2 Å². The van der Waals surface area contributed by atoms with Gasteiger partial charge in [-0.15, -0.1) is 0 Å². The first kappa shape index (κ1) is 69.1. The van der Waals surface area contributed by atoms with Crippen molar-refractivity contribution in [3.63, 3.8) is 0 Å². The molecule has 0 saturated carbocycles. The minimum absolute atomic E-state index is 0.0139. The highest BCUT2D eigenvalue weighted by molar-refractivity contribution is 6.34. The van der Waals surface area contributed by atoms with Gasteiger partial charge in [0.25, 0.3) is 0 Å². The van der Waals surface area contributed by atoms with Crippen molar-refractivity contribution >= 4 is 114 Å². The minimum atomic E-state index is -4.62. The Morgan fingerprint density at radius 1 is 0.415 bits per heavy atom. The maximum absolute atomic E-state index is 13.4. The molecule has 6 heterocycles. The summed E-state index contributed by atoms with van der Waals surface area (Å²) in [5, 5.41) is 9.32. The number of nitrogen functional groups attached to an aromatic ring is 2. The van der Waals surface area contributed by atoms with Crippen LogP contribution in [0.4, 0.5) is 63.0 Å². The van der Waals surface area contributed by atoms with Crippen molar-refractivity contribution < 1.29 is 39.5 Å². The molecule has 14 nitrogen and oxygen atoms in total. The number of nitrogens with two attached hydrogens (primary N) is 3. The van der Waals surface area contributed by atoms with Gasteiger partial charge in [-0.3, -0.25) is 0 Å². The zero-order chi connectivity index (χ0) is 67.8. The Morgan fingerprint density at radius 2 is 0.809 bits per heavy atom. The fourth-order valence-electron chi connectivity index (χ4n) is 9.58. The SMILES string of the molecule is Cc1cccc2cc(CN)c(-c3ccccc3Cl)nc12.Cc1cccc2cc(CNc3nc(N)ncc3C(F)(F)F)c(-c3ccccc3Cl)nc12.Cc1cccc2cc(CNc3ncc(C(F)(F)F)c(N)n3)c(-c3ccccc3Cl)nc12.FC(F)(F)c1cnc(Cl)nc1Cl. The van der Waals surface area contributed by atoms with Crippen molar-refractivity contribution in [2.45, 2.75) is 58.9 Å². The molecule has 12 aromatic rings. The van der Waals surface area contributed by atoms with Gasteiger partial charge in [0.15, 0.2) is 0 Å². The van der Waals surface area contributed by atoms with Gasteiger partial charge in [-0.05, 0) is 102 Å². The number of aromatic nitrogens is 9. The van der Waals surface area contributed by atoms with Gasteiger partial charge in [-0.2, -0.15) is 49.5 Å². The van der Waals surface area contributed by atoms with Crippen molar-refractivity contribution in [3.8, 4) is 33.8 Å². The number of para-hydroxylation sites is 3. The summed E-state index contributed by atoms with van der Waals surface area (Å²) < 4.78 is 115. The molecule has 0 radical (unpaired) electrons. The number of alkyl halides is 9. The molecular weight excluding hydrogens is 1340 g/mol. The average molecular weight is 1390 g/mol. The Kier molecular flexibility index (Phi) is 21.6. The third-order valence-electron chi connectivity index (χ3n) is 14.1. The van der Waals surface area contributed by atoms with Crippen molar-refractivity contribution in [3.05, 3.63) is 240 Å². The molecule has 0 aliphatic carbocycles. The van der Waals surface area contributed by atoms with E-state index < -0.39 is 52.0 Å². The zero-order valence-electron chi connectivity index (χ0n) is 49.3. The van der Waals surface area contributed by atoms with Gasteiger partial charge in [0.05, 0.1) is 33.6 Å². The molecule has 28 heteroatoms. The number of rotatable bonds is 10. The third kappa shape index (κ3) is 16.6. The third-order valence-corrected chi connectivity index (χ3v) is 15.6. The van der Waals surface area contributed by atoms with Crippen molar-refractivity contribution in [2.24, 2.45) is 5.73 Å². The molecule has 0 spiro atoms. The minimum Gasteiger partial charge on any atom is -0.383 e. The summed E-state index contributed by atoms with van der Waals surface area (Å²) in [7, 11) is 0. The highest BCUT2D eigenvalue weighted by Gasteiger charge is 2.37. The molecule has 8 N–H and O–H groups in total. The number of hydrogen-bond acceptors (Lipinski definition) is 14. The van der Waals surface area contributed by atoms with Crippen LogP contribution in [0.5, 0.6) is 0 Å². The quantitative estimate of drug-likeness (QED) is 0.0489. The van der Waals surface area contributed by atoms with E-state index in [1.807, 2.05) is 123 Å². The molecule has 0 aliphatic heterocycles. The smallest absolute Gasteiger partial charge is 0.383 e. The summed E-state index contributed by atoms with van der Waals surface area (Å²) in [4.78, 5) is 35.4. The van der Waals surface area contributed by atoms with Crippen LogP contribution < -0.4 is 27.8 Å². The topological polar surface area (TPSA) is 218 Å². The lowest BCUT2D eigenvalue weighted by Crippen LogP contribution is -2.15. The maximum atomic E-state index is 13.4. The molecule has 0 atom stereocenters. The first-order chi connectivity index (χ1) is 44.6. The second kappa shape index (κ2) is 29.4. The van der Waals surface area contributed by atoms with Crippen LogP contribution in [0, 0.1) is 20.8 Å². The lowest BCUT2D eigenvalue weighted by Gasteiger charge is -2.16. The zero-order valence-corrected chi connectivity index (χ0v) is 53.0. The van der Waals surface area contributed by atoms with Crippen LogP contribution in [0.1, 0.15) is 50.1 Å². The molecule has 0 amide bonds. The Bertz CT molecular complexity index is 4750. The van der Waals surface area contributed by atoms with Crippen molar-refractivity contribution in [1.29, 1.82) is 0 Å². The molecule has 0 aliphatic rings. The van der Waals surface area contributed by atoms with Crippen LogP contribution in [0.2, 0.25) is 25.5 Å². The van der Waals surface area contributed by atoms with Crippen LogP contribution in [0.15, 0.2) is 164 Å². The standard InChI is InChI=1S/2C22H17ClF3N5.C17H15ClN2.C5HCl2F3N2/c1-12-5-4-6-13-9-14(19(30-18(12)13)15-7-2-3-8-17(15)23)10-28-20-16(22(24,25)26)11-29-21(27)31-20;1-12-5-4-6-13-9-14(19(30-18(12)13)15-7-2-3-8-17(15)23)10-28-21-29-11-16(20(27)31-21)22(24,25)26;1-11-5-4-6-12-9-13(10-19)17(20-16(11)12)14-7-2-3-8-15(14)18;6-3-2(5(8,9)10)1-11-4(7)12-3/h2*2-9,11H,10H2,1H3,(H3,27,28,29,31);2-9H,10,19H2,1H3;1H. The van der Waals surface area contributed by atoms with Gasteiger partial charge in [-0.1, -0.05) is 156 Å². The van der Waals surface area contributed by atoms with Crippen LogP contribution in [-0.2, 0) is 38.2 Å². The number of aryl methyl sites for hydroxylation is 3. The van der Waals surface area contributed by atoms with Crippen LogP contribution in [0.3, 0.4) is 0 Å². The Morgan fingerprint density at radius 3 is 1.21 bits per heavy atom. The highest BCUT2D eigenvalue weighted by atomic mass is 35.5. The van der Waals surface area contributed by atoms with E-state index in [2.05, 4.69) is 65.7 Å². The number of nitrogens with zero attached hydrogens (tertiary/aromatic N) is 9. The van der Waals surface area contributed by atoms with Crippen LogP contribution in [0.25, 0.3) is 66.5 Å². The lowest BCUT2D eigenvalue weighted by molar-refractivity contribution is -0.138. The summed E-state index contributed by atoms with van der Waals surface area (Å²) in [6.45, 7) is 6.66. The van der Waals surface area contributed by atoms with Gasteiger partial charge in [-0.25, -0.2) is 34.9 Å². The Hall–Kier alpha value is -9.23. The van der Waals surface area contributed by atoms with E-state index in [-0.39, 0.29) is 30.3 Å². The molecule has 94 heavy (non-hydrogen) atoms. The van der Waals surface area contributed by atoms with Gasteiger partial charge >= 0.3 is 18.5 Å². The first-order valence-electron chi connectivity index (χ1n) is 27.8. The monoisotopic (exact) mass is 1380 g/mol. The molecule has 0 unspecified atom stereocenters. The second-order valence-corrected chi connectivity index (χ2v) is 22.5. The van der Waals surface area contributed by atoms with Crippen molar-refractivity contribution in [2.75, 3.05) is 22.1 Å². The van der Waals surface area contributed by atoms with Gasteiger partial charge in [0.1, 0.15) is 33.5 Å². The average Bonchev–Trinajstić information content (AvgIpc) is 0.796. The largest absolute Gasteiger partial charge is 0.421 e. The molecule has 6 aromatic carbocycles. The summed E-state index contributed by atoms with van der Waals surface area (Å²) in [6.07, 6.45) is -11.9. The Labute approximate surface area is 555 Å². The molecule has 482 valence electrons. The number of benzene rings is 6. The molecule has 6 aromatic heterocycles. The maximum Gasteiger partial charge on any atom is 0.421 e. The Balaban J connectivity index is 0.000000155. The van der Waals surface area contributed by atoms with Crippen molar-refractivity contribution in [1.82, 2.24) is 44.9 Å².